The molecule has 1 saturated heterocycles. The van der Waals surface area contributed by atoms with Gasteiger partial charge in [-0.2, -0.15) is 0 Å². The molecular weight excluding hydrogens is 617 g/mol. The van der Waals surface area contributed by atoms with E-state index in [1.165, 1.54) is 21.9 Å². The van der Waals surface area contributed by atoms with Crippen LogP contribution in [0, 0.1) is 0 Å². The number of fused-ring (bicyclic) bond motifs is 1. The molecule has 2 atom stereocenters. The fraction of sp³-hybridized carbons (Fsp3) is 0.600. The largest absolute Gasteiger partial charge is 0.475 e. The summed E-state index contributed by atoms with van der Waals surface area (Å²) in [5, 5.41) is 0.607. The van der Waals surface area contributed by atoms with Gasteiger partial charge in [0.15, 0.2) is 5.78 Å². The molecule has 1 aromatic carbocycles. The predicted octanol–water partition coefficient (Wildman–Crippen LogP) is 5.74. The summed E-state index contributed by atoms with van der Waals surface area (Å²) >= 11 is 9.46. The summed E-state index contributed by atoms with van der Waals surface area (Å²) in [6.45, 7) is 8.72. The van der Waals surface area contributed by atoms with E-state index < -0.39 is 37.2 Å². The molecule has 1 aliphatic heterocycles. The quantitative estimate of drug-likeness (QED) is 0.296. The Morgan fingerprint density at radius 1 is 1.21 bits per heavy atom. The van der Waals surface area contributed by atoms with Crippen LogP contribution in [-0.4, -0.2) is 63.8 Å². The lowest BCUT2D eigenvalue weighted by molar-refractivity contribution is -0.122. The Bertz CT molecular complexity index is 1300. The van der Waals surface area contributed by atoms with E-state index in [9.17, 15) is 18.9 Å². The minimum atomic E-state index is -3.95. The third-order valence-corrected chi connectivity index (χ3v) is 8.71. The van der Waals surface area contributed by atoms with Crippen LogP contribution in [0.3, 0.4) is 0 Å². The standard InChI is InChI=1S/C25H34BrClN3O8P/c1-6-35-39(34,36-7-2)38-22-9-8-10-30(24(33)37-25(3,4)5)21(22)11-16(31)14-29-15-28-20-13-18(26)19(27)12-17(20)23(29)32/h12-13,15,21-22H,6-11,14H2,1-5H3. The molecule has 3 rings (SSSR count). The van der Waals surface area contributed by atoms with Crippen molar-refractivity contribution in [1.29, 1.82) is 0 Å². The van der Waals surface area contributed by atoms with Crippen LogP contribution in [0.25, 0.3) is 10.9 Å². The van der Waals surface area contributed by atoms with E-state index in [0.29, 0.717) is 34.4 Å². The van der Waals surface area contributed by atoms with Crippen LogP contribution < -0.4 is 5.56 Å². The average Bonchev–Trinajstić information content (AvgIpc) is 2.82. The van der Waals surface area contributed by atoms with Gasteiger partial charge in [-0.3, -0.25) is 27.7 Å². The van der Waals surface area contributed by atoms with Crippen LogP contribution in [0.5, 0.6) is 0 Å². The molecule has 1 aromatic heterocycles. The van der Waals surface area contributed by atoms with Crippen molar-refractivity contribution in [2.75, 3.05) is 19.8 Å². The summed E-state index contributed by atoms with van der Waals surface area (Å²) in [6.07, 6.45) is 0.585. The maximum absolute atomic E-state index is 13.3. The Kier molecular flexibility index (Phi) is 10.8. The molecule has 0 radical (unpaired) electrons. The highest BCUT2D eigenvalue weighted by Crippen LogP contribution is 2.52. The maximum atomic E-state index is 13.3. The SMILES string of the molecule is CCOP(=O)(OCC)OC1CCCN(C(=O)OC(C)(C)C)C1CC(=O)Cn1cnc2cc(Br)c(Cl)cc2c1=O. The first-order valence-electron chi connectivity index (χ1n) is 12.7. The van der Waals surface area contributed by atoms with Crippen LogP contribution in [0.2, 0.25) is 5.02 Å². The van der Waals surface area contributed by atoms with Crippen molar-refractivity contribution in [3.63, 3.8) is 0 Å². The monoisotopic (exact) mass is 649 g/mol. The zero-order valence-corrected chi connectivity index (χ0v) is 25.9. The van der Waals surface area contributed by atoms with Crippen molar-refractivity contribution in [3.05, 3.63) is 38.3 Å². The van der Waals surface area contributed by atoms with Crippen LogP contribution in [0.4, 0.5) is 4.79 Å². The molecule has 14 heteroatoms. The number of piperidine rings is 1. The molecule has 216 valence electrons. The molecule has 0 bridgehead atoms. The summed E-state index contributed by atoms with van der Waals surface area (Å²) in [4.78, 5) is 45.2. The highest BCUT2D eigenvalue weighted by molar-refractivity contribution is 9.10. The van der Waals surface area contributed by atoms with Gasteiger partial charge in [0.25, 0.3) is 5.56 Å². The Balaban J connectivity index is 1.89. The number of ether oxygens (including phenoxy) is 1. The number of phosphoric acid groups is 1. The van der Waals surface area contributed by atoms with Gasteiger partial charge in [0.05, 0.1) is 54.2 Å². The van der Waals surface area contributed by atoms with E-state index in [0.717, 1.165) is 0 Å². The number of amides is 1. The summed E-state index contributed by atoms with van der Waals surface area (Å²) in [5.41, 5.74) is -0.772. The molecule has 1 aliphatic rings. The number of nitrogens with zero attached hydrogens (tertiary/aromatic N) is 3. The minimum Gasteiger partial charge on any atom is -0.444 e. The highest BCUT2D eigenvalue weighted by atomic mass is 79.9. The summed E-state index contributed by atoms with van der Waals surface area (Å²) in [7, 11) is -3.95. The van der Waals surface area contributed by atoms with Gasteiger partial charge in [0.1, 0.15) is 5.60 Å². The number of rotatable bonds is 10. The fourth-order valence-corrected chi connectivity index (χ4v) is 6.17. The van der Waals surface area contributed by atoms with Gasteiger partial charge >= 0.3 is 13.9 Å². The minimum absolute atomic E-state index is 0.0852. The van der Waals surface area contributed by atoms with E-state index in [1.807, 2.05) is 0 Å². The van der Waals surface area contributed by atoms with Gasteiger partial charge in [-0.05, 0) is 75.5 Å². The molecule has 2 aromatic rings. The second-order valence-electron chi connectivity index (χ2n) is 10.0. The van der Waals surface area contributed by atoms with E-state index >= 15 is 0 Å². The van der Waals surface area contributed by atoms with E-state index in [2.05, 4.69) is 20.9 Å². The predicted molar refractivity (Wildman–Crippen MR) is 150 cm³/mol. The zero-order chi connectivity index (χ0) is 29.0. The normalized spacial score (nSPS) is 18.4. The first-order chi connectivity index (χ1) is 18.3. The van der Waals surface area contributed by atoms with Crippen LogP contribution >= 0.6 is 35.4 Å². The highest BCUT2D eigenvalue weighted by Gasteiger charge is 2.42. The number of likely N-dealkylation sites (tertiary alicyclic amines) is 1. The van der Waals surface area contributed by atoms with Crippen LogP contribution in [-0.2, 0) is 34.2 Å². The number of benzene rings is 1. The number of ketones is 1. The van der Waals surface area contributed by atoms with Gasteiger partial charge in [0, 0.05) is 17.4 Å². The zero-order valence-electron chi connectivity index (χ0n) is 22.6. The number of phosphoric ester groups is 1. The lowest BCUT2D eigenvalue weighted by Gasteiger charge is -2.41. The van der Waals surface area contributed by atoms with Crippen molar-refractivity contribution >= 4 is 58.1 Å². The van der Waals surface area contributed by atoms with E-state index in [4.69, 9.17) is 29.9 Å². The molecule has 0 N–H and O–H groups in total. The lowest BCUT2D eigenvalue weighted by atomic mass is 9.95. The third kappa shape index (κ3) is 8.34. The summed E-state index contributed by atoms with van der Waals surface area (Å²) < 4.78 is 37.0. The number of Topliss-reactive ketones (excluding diaryl/α,β-unsaturated/α-hetero) is 1. The molecule has 1 fully saturated rings. The topological polar surface area (TPSA) is 126 Å². The average molecular weight is 651 g/mol. The first kappa shape index (κ1) is 31.7. The molecule has 2 heterocycles. The van der Waals surface area contributed by atoms with Gasteiger partial charge in [0.2, 0.25) is 0 Å². The molecule has 0 spiro atoms. The van der Waals surface area contributed by atoms with Crippen molar-refractivity contribution < 1.29 is 32.5 Å². The Morgan fingerprint density at radius 2 is 1.87 bits per heavy atom. The second kappa shape index (κ2) is 13.2. The number of hydrogen-bond donors (Lipinski definition) is 0. The maximum Gasteiger partial charge on any atom is 0.475 e. The fourth-order valence-electron chi connectivity index (χ4n) is 4.27. The van der Waals surface area contributed by atoms with Crippen molar-refractivity contribution in [3.8, 4) is 0 Å². The molecule has 1 amide bonds. The van der Waals surface area contributed by atoms with Gasteiger partial charge in [-0.25, -0.2) is 14.3 Å². The number of halogens is 2. The number of hydrogen-bond acceptors (Lipinski definition) is 9. The second-order valence-corrected chi connectivity index (χ2v) is 12.9. The van der Waals surface area contributed by atoms with Crippen LogP contribution in [0.15, 0.2) is 27.7 Å². The lowest BCUT2D eigenvalue weighted by Crippen LogP contribution is -2.54. The van der Waals surface area contributed by atoms with Crippen molar-refractivity contribution in [2.45, 2.75) is 78.2 Å². The molecule has 11 nitrogen and oxygen atoms in total. The van der Waals surface area contributed by atoms with Crippen LogP contribution in [0.1, 0.15) is 53.9 Å². The Labute approximate surface area is 240 Å². The smallest absolute Gasteiger partial charge is 0.444 e. The first-order valence-corrected chi connectivity index (χ1v) is 15.3. The summed E-state index contributed by atoms with van der Waals surface area (Å²) in [5.74, 6) is -0.363. The molecule has 0 saturated carbocycles. The Hall–Kier alpha value is -1.82. The Morgan fingerprint density at radius 3 is 2.49 bits per heavy atom. The van der Waals surface area contributed by atoms with Gasteiger partial charge in [-0.15, -0.1) is 0 Å². The number of carbonyl (C=O) groups is 2. The van der Waals surface area contributed by atoms with Crippen molar-refractivity contribution in [1.82, 2.24) is 14.5 Å². The molecule has 0 aliphatic carbocycles. The van der Waals surface area contributed by atoms with Crippen molar-refractivity contribution in [2.24, 2.45) is 0 Å². The summed E-state index contributed by atoms with van der Waals surface area (Å²) in [6, 6.07) is 2.29. The number of carbonyl (C=O) groups excluding carboxylic acids is 2. The third-order valence-electron chi connectivity index (χ3n) is 5.83. The number of aromatic nitrogens is 2. The van der Waals surface area contributed by atoms with E-state index in [-0.39, 0.29) is 37.3 Å². The molecular formula is C25H34BrClN3O8P. The van der Waals surface area contributed by atoms with Gasteiger partial charge < -0.3 is 9.64 Å². The molecule has 2 unspecified atom stereocenters. The van der Waals surface area contributed by atoms with E-state index in [1.54, 1.807) is 40.7 Å². The molecule has 39 heavy (non-hydrogen) atoms. The van der Waals surface area contributed by atoms with Gasteiger partial charge in [-0.1, -0.05) is 11.6 Å².